The van der Waals surface area contributed by atoms with Crippen LogP contribution in [0.25, 0.3) is 0 Å². The van der Waals surface area contributed by atoms with Crippen molar-refractivity contribution in [3.8, 4) is 0 Å². The van der Waals surface area contributed by atoms with Crippen molar-refractivity contribution >= 4 is 19.2 Å². The molecule has 0 fully saturated rings. The van der Waals surface area contributed by atoms with Gasteiger partial charge in [0, 0.05) is 0 Å². The zero-order valence-electron chi connectivity index (χ0n) is 7.55. The Labute approximate surface area is 74.0 Å². The van der Waals surface area contributed by atoms with Crippen molar-refractivity contribution in [2.45, 2.75) is 48.3 Å². The van der Waals surface area contributed by atoms with E-state index in [2.05, 4.69) is 13.8 Å². The van der Waals surface area contributed by atoms with Crippen molar-refractivity contribution < 1.29 is 6.40 Å². The van der Waals surface area contributed by atoms with E-state index in [1.165, 1.54) is 0 Å². The molecule has 0 heterocycles. The molecular formula is C8H19O2Sb. The fourth-order valence-electron chi connectivity index (χ4n) is 0.922. The van der Waals surface area contributed by atoms with E-state index < -0.39 is 19.2 Å². The molecule has 0 amide bonds. The molecule has 0 saturated carbocycles. The molecule has 11 heavy (non-hydrogen) atoms. The number of unbranched alkanes of at least 4 members (excludes halogenated alkanes) is 2. The fourth-order valence-corrected chi connectivity index (χ4v) is 6.19. The summed E-state index contributed by atoms with van der Waals surface area (Å²) in [5, 5.41) is 0. The Kier molecular flexibility index (Phi) is 6.46. The minimum atomic E-state index is -3.59. The number of hydrogen-bond acceptors (Lipinski definition) is 1. The molecule has 0 aromatic rings. The van der Waals surface area contributed by atoms with Crippen molar-refractivity contribution in [2.24, 2.45) is 0 Å². The van der Waals surface area contributed by atoms with Crippen LogP contribution in [0, 0.1) is 0 Å². The molecule has 0 aliphatic carbocycles. The summed E-state index contributed by atoms with van der Waals surface area (Å²) in [7, 11) is 0. The van der Waals surface area contributed by atoms with Gasteiger partial charge in [0.15, 0.2) is 0 Å². The van der Waals surface area contributed by atoms with Gasteiger partial charge in [-0.3, -0.25) is 0 Å². The van der Waals surface area contributed by atoms with Crippen LogP contribution in [-0.4, -0.2) is 22.6 Å². The molecule has 0 aliphatic heterocycles. The summed E-state index contributed by atoms with van der Waals surface area (Å²) in [6, 6.07) is 0. The number of rotatable bonds is 6. The predicted octanol–water partition coefficient (Wildman–Crippen LogP) is 2.45. The van der Waals surface area contributed by atoms with E-state index in [4.69, 9.17) is 0 Å². The van der Waals surface area contributed by atoms with Crippen LogP contribution in [0.5, 0.6) is 0 Å². The van der Waals surface area contributed by atoms with Crippen LogP contribution in [0.4, 0.5) is 0 Å². The van der Waals surface area contributed by atoms with E-state index in [0.29, 0.717) is 8.73 Å². The first kappa shape index (κ1) is 11.6. The summed E-state index contributed by atoms with van der Waals surface area (Å²) < 4.78 is 22.0. The van der Waals surface area contributed by atoms with Crippen LogP contribution < -0.4 is 0 Å². The SMILES string of the molecule is CCC[CH2][Sb](=[O])([OH])[CH2]CCC. The van der Waals surface area contributed by atoms with E-state index in [1.54, 1.807) is 0 Å². The molecule has 0 spiro atoms. The second kappa shape index (κ2) is 6.13. The molecule has 2 nitrogen and oxygen atoms in total. The standard InChI is InChI=1S/2C4H9.H2O.O.Sb/c2*1-3-4-2;;;/h2*1,3-4H2,2H3;1H2;;/q;;;;+1/p-1. The Morgan fingerprint density at radius 3 is 1.73 bits per heavy atom. The Morgan fingerprint density at radius 1 is 1.09 bits per heavy atom. The summed E-state index contributed by atoms with van der Waals surface area (Å²) in [6.45, 7) is 4.11. The summed E-state index contributed by atoms with van der Waals surface area (Å²) in [4.78, 5) is 0. The third-order valence-corrected chi connectivity index (χ3v) is 7.52. The Morgan fingerprint density at radius 2 is 1.45 bits per heavy atom. The quantitative estimate of drug-likeness (QED) is 0.752. The molecule has 0 aromatic heterocycles. The third kappa shape index (κ3) is 6.96. The molecule has 0 saturated heterocycles. The van der Waals surface area contributed by atoms with Crippen molar-refractivity contribution in [3.63, 3.8) is 0 Å². The van der Waals surface area contributed by atoms with Crippen molar-refractivity contribution in [3.05, 3.63) is 0 Å². The number of hydrogen-bond donors (Lipinski definition) is 1. The molecule has 0 radical (unpaired) electrons. The zero-order chi connectivity index (χ0) is 8.74. The first-order valence-electron chi connectivity index (χ1n) is 4.43. The summed E-state index contributed by atoms with van der Waals surface area (Å²) >= 11 is -3.59. The monoisotopic (exact) mass is 268 g/mol. The Bertz CT molecular complexity index is 122. The molecule has 0 bridgehead atoms. The third-order valence-electron chi connectivity index (χ3n) is 1.72. The van der Waals surface area contributed by atoms with Gasteiger partial charge >= 0.3 is 73.9 Å². The molecule has 68 valence electrons. The molecule has 0 unspecified atom stereocenters. The van der Waals surface area contributed by atoms with Gasteiger partial charge in [-0.1, -0.05) is 0 Å². The average Bonchev–Trinajstić information content (AvgIpc) is 1.97. The molecule has 1 N–H and O–H groups in total. The zero-order valence-corrected chi connectivity index (χ0v) is 10.1. The van der Waals surface area contributed by atoms with Crippen LogP contribution in [0.2, 0.25) is 8.73 Å². The molecular weight excluding hydrogens is 250 g/mol. The van der Waals surface area contributed by atoms with E-state index in [9.17, 15) is 6.40 Å². The van der Waals surface area contributed by atoms with Gasteiger partial charge in [-0.05, 0) is 0 Å². The van der Waals surface area contributed by atoms with E-state index >= 15 is 0 Å². The van der Waals surface area contributed by atoms with Gasteiger partial charge in [-0.15, -0.1) is 0 Å². The van der Waals surface area contributed by atoms with E-state index in [-0.39, 0.29) is 0 Å². The predicted molar refractivity (Wildman–Crippen MR) is 48.1 cm³/mol. The second-order valence-electron chi connectivity index (χ2n) is 3.00. The second-order valence-corrected chi connectivity index (χ2v) is 10.4. The summed E-state index contributed by atoms with van der Waals surface area (Å²) in [5.74, 6) is 0. The van der Waals surface area contributed by atoms with Gasteiger partial charge in [-0.25, -0.2) is 0 Å². The van der Waals surface area contributed by atoms with Gasteiger partial charge < -0.3 is 0 Å². The maximum absolute atomic E-state index is 11.4. The maximum atomic E-state index is 11.4. The van der Waals surface area contributed by atoms with Crippen molar-refractivity contribution in [1.29, 1.82) is 0 Å². The summed E-state index contributed by atoms with van der Waals surface area (Å²) in [6.07, 6.45) is 3.92. The Balaban J connectivity index is 3.53. The molecule has 0 aliphatic rings. The first-order chi connectivity index (χ1) is 5.12. The Hall–Kier alpha value is 0.578. The van der Waals surface area contributed by atoms with Crippen LogP contribution in [-0.2, 0) is 3.02 Å². The van der Waals surface area contributed by atoms with Gasteiger partial charge in [0.2, 0.25) is 0 Å². The molecule has 3 heteroatoms. The fraction of sp³-hybridized carbons (Fsp3) is 1.00. The van der Waals surface area contributed by atoms with Crippen LogP contribution in [0.15, 0.2) is 0 Å². The van der Waals surface area contributed by atoms with Crippen LogP contribution in [0.3, 0.4) is 0 Å². The molecule has 0 aromatic carbocycles. The van der Waals surface area contributed by atoms with Crippen molar-refractivity contribution in [2.75, 3.05) is 0 Å². The minimum absolute atomic E-state index is 0.606. The summed E-state index contributed by atoms with van der Waals surface area (Å²) in [5.41, 5.74) is 0. The van der Waals surface area contributed by atoms with Crippen LogP contribution >= 0.6 is 0 Å². The first-order valence-corrected chi connectivity index (χ1v) is 10.2. The average molecular weight is 269 g/mol. The molecule has 0 atom stereocenters. The van der Waals surface area contributed by atoms with Gasteiger partial charge in [0.05, 0.1) is 0 Å². The topological polar surface area (TPSA) is 37.3 Å². The van der Waals surface area contributed by atoms with Gasteiger partial charge in [0.25, 0.3) is 0 Å². The van der Waals surface area contributed by atoms with Crippen LogP contribution in [0.1, 0.15) is 39.5 Å². The van der Waals surface area contributed by atoms with Gasteiger partial charge in [-0.2, -0.15) is 0 Å². The van der Waals surface area contributed by atoms with E-state index in [0.717, 1.165) is 25.7 Å². The molecule has 0 rings (SSSR count). The van der Waals surface area contributed by atoms with Gasteiger partial charge in [0.1, 0.15) is 0 Å². The normalized spacial score (nSPS) is 11.9. The van der Waals surface area contributed by atoms with E-state index in [1.807, 2.05) is 0 Å². The van der Waals surface area contributed by atoms with Crippen molar-refractivity contribution in [1.82, 2.24) is 0 Å².